The fraction of sp³-hybridized carbons (Fsp3) is 0.387. The Balaban J connectivity index is 1.42. The van der Waals surface area contributed by atoms with E-state index in [4.69, 9.17) is 14.5 Å². The van der Waals surface area contributed by atoms with Gasteiger partial charge in [-0.15, -0.1) is 0 Å². The molecule has 69 heavy (non-hydrogen) atoms. The van der Waals surface area contributed by atoms with Gasteiger partial charge in [-0.25, -0.2) is 19.8 Å². The van der Waals surface area contributed by atoms with Gasteiger partial charge < -0.3 is 14.8 Å². The molecule has 2 heterocycles. The third-order valence-electron chi connectivity index (χ3n) is 13.8. The molecule has 6 aromatic carbocycles. The molecule has 0 amide bonds. The van der Waals surface area contributed by atoms with E-state index in [1.165, 1.54) is 50.1 Å². The minimum atomic E-state index is -0.167. The van der Waals surface area contributed by atoms with Gasteiger partial charge in [0.05, 0.1) is 33.4 Å². The van der Waals surface area contributed by atoms with Crippen molar-refractivity contribution >= 4 is 11.9 Å². The lowest BCUT2D eigenvalue weighted by atomic mass is 9.78. The van der Waals surface area contributed by atoms with Crippen LogP contribution in [0.1, 0.15) is 163 Å². The zero-order chi connectivity index (χ0) is 49.5. The highest BCUT2D eigenvalue weighted by molar-refractivity contribution is 5.98. The molecule has 2 aliphatic heterocycles. The lowest BCUT2D eigenvalue weighted by Crippen LogP contribution is -2.48. The molecule has 0 fully saturated rings. The molecule has 2 aliphatic rings. The molecule has 6 aromatic rings. The number of hydrogen-bond donors (Lipinski definition) is 2. The minimum absolute atomic E-state index is 0.0783. The van der Waals surface area contributed by atoms with Crippen LogP contribution in [0, 0.1) is 0 Å². The van der Waals surface area contributed by atoms with E-state index in [0.29, 0.717) is 13.1 Å². The number of rotatable bonds is 10. The number of nitrogens with zero attached hydrogens (tertiary/aromatic N) is 3. The molecule has 0 saturated carbocycles. The Kier molecular flexibility index (Phi) is 13.7. The van der Waals surface area contributed by atoms with Crippen LogP contribution in [0.4, 0.5) is 0 Å². The molecule has 4 atom stereocenters. The van der Waals surface area contributed by atoms with Crippen LogP contribution < -0.4 is 20.1 Å². The Hall–Kier alpha value is -6.34. The molecule has 0 aromatic heterocycles. The molecule has 0 saturated heterocycles. The average molecular weight is 923 g/mol. The number of methoxy groups -OCH3 is 2. The van der Waals surface area contributed by atoms with Crippen LogP contribution in [0.15, 0.2) is 151 Å². The fourth-order valence-corrected chi connectivity index (χ4v) is 10.4. The van der Waals surface area contributed by atoms with Crippen molar-refractivity contribution in [1.29, 1.82) is 0 Å². The number of nitrogens with one attached hydrogen (secondary N) is 2. The molecule has 360 valence electrons. The van der Waals surface area contributed by atoms with Crippen molar-refractivity contribution in [1.82, 2.24) is 15.5 Å². The van der Waals surface area contributed by atoms with E-state index in [-0.39, 0.29) is 45.8 Å². The van der Waals surface area contributed by atoms with Crippen LogP contribution in [0.25, 0.3) is 0 Å². The molecule has 7 nitrogen and oxygen atoms in total. The van der Waals surface area contributed by atoms with Crippen molar-refractivity contribution in [2.75, 3.05) is 14.2 Å². The zero-order valence-corrected chi connectivity index (χ0v) is 43.7. The number of benzene rings is 6. The van der Waals surface area contributed by atoms with Gasteiger partial charge in [0, 0.05) is 22.3 Å². The smallest absolute Gasteiger partial charge is 0.357 e. The van der Waals surface area contributed by atoms with Gasteiger partial charge in [-0.2, -0.15) is 0 Å². The van der Waals surface area contributed by atoms with E-state index in [9.17, 15) is 0 Å². The lowest BCUT2D eigenvalue weighted by molar-refractivity contribution is -0.583. The van der Waals surface area contributed by atoms with E-state index in [1.807, 2.05) is 14.2 Å². The molecule has 0 radical (unpaired) electrons. The zero-order valence-electron chi connectivity index (χ0n) is 43.7. The molecule has 0 aliphatic carbocycles. The van der Waals surface area contributed by atoms with E-state index in [0.717, 1.165) is 29.0 Å². The maximum Gasteiger partial charge on any atom is 0.357 e. The first-order valence-electron chi connectivity index (χ1n) is 24.8. The first kappa shape index (κ1) is 49.1. The SMILES string of the molecule is COc1c(C(C)(C)C)cc(CN2C(NC3=N[C@@H](c4ccccc4)[C@H](c4ccccc4)N3)=[N+](Cc3cc(C(C)(C)C)c(OC)c(C(C)(C)C)c3)[C@@H](c3ccccc3)[C@@H]2c2ccccc2)cc1C(C)(C)C. The summed E-state index contributed by atoms with van der Waals surface area (Å²) in [5.74, 6) is 3.67. The van der Waals surface area contributed by atoms with Crippen molar-refractivity contribution in [3.63, 3.8) is 0 Å². The Morgan fingerprint density at radius 1 is 0.522 bits per heavy atom. The van der Waals surface area contributed by atoms with Gasteiger partial charge in [0.15, 0.2) is 0 Å². The third-order valence-corrected chi connectivity index (χ3v) is 13.8. The van der Waals surface area contributed by atoms with Gasteiger partial charge in [0.1, 0.15) is 29.6 Å². The van der Waals surface area contributed by atoms with Crippen LogP contribution in [0.2, 0.25) is 0 Å². The van der Waals surface area contributed by atoms with Crippen molar-refractivity contribution < 1.29 is 14.0 Å². The molecular weight excluding hydrogens is 847 g/mol. The second-order valence-electron chi connectivity index (χ2n) is 23.2. The van der Waals surface area contributed by atoms with Crippen LogP contribution in [0.5, 0.6) is 11.5 Å². The largest absolute Gasteiger partial charge is 0.496 e. The van der Waals surface area contributed by atoms with Crippen molar-refractivity contribution in [3.8, 4) is 11.5 Å². The van der Waals surface area contributed by atoms with Crippen molar-refractivity contribution in [3.05, 3.63) is 201 Å². The topological polar surface area (TPSA) is 61.1 Å². The van der Waals surface area contributed by atoms with Gasteiger partial charge in [0.25, 0.3) is 5.96 Å². The molecule has 8 rings (SSSR count). The van der Waals surface area contributed by atoms with Crippen LogP contribution in [-0.4, -0.2) is 35.6 Å². The summed E-state index contributed by atoms with van der Waals surface area (Å²) in [6.45, 7) is 28.7. The summed E-state index contributed by atoms with van der Waals surface area (Å²) in [5.41, 5.74) is 11.4. The maximum atomic E-state index is 6.32. The summed E-state index contributed by atoms with van der Waals surface area (Å²) in [4.78, 5) is 8.19. The Morgan fingerprint density at radius 3 is 1.33 bits per heavy atom. The van der Waals surface area contributed by atoms with Crippen LogP contribution >= 0.6 is 0 Å². The normalized spacial score (nSPS) is 18.8. The summed E-state index contributed by atoms with van der Waals surface area (Å²) >= 11 is 0. The maximum absolute atomic E-state index is 6.32. The summed E-state index contributed by atoms with van der Waals surface area (Å²) in [7, 11) is 3.64. The highest BCUT2D eigenvalue weighted by atomic mass is 16.5. The lowest BCUT2D eigenvalue weighted by Gasteiger charge is -2.31. The molecule has 0 spiro atoms. The van der Waals surface area contributed by atoms with E-state index < -0.39 is 0 Å². The standard InChI is InChI=1S/C62H75N5O2/c1-59(2,3)47-35-41(36-48(55(47)68-13)60(4,5)6)39-66-53(45-31-23-17-24-32-45)54(46-33-25-18-26-34-46)67(40-42-37-49(61(7,8)9)56(69-14)50(38-42)62(10,11)12)58(66)65-57-63-51(43-27-19-15-20-28-43)52(64-57)44-29-21-16-22-30-44/h15-38,51-54H,39-40H2,1-14H3,(H,63,64)/p+1/t51-,52-,53-,54-/m0/s1. The summed E-state index contributed by atoms with van der Waals surface area (Å²) in [5, 5.41) is 8.04. The molecular formula is C62H76N5O2+. The summed E-state index contributed by atoms with van der Waals surface area (Å²) in [6.07, 6.45) is 0. The monoisotopic (exact) mass is 923 g/mol. The predicted octanol–water partition coefficient (Wildman–Crippen LogP) is 13.8. The van der Waals surface area contributed by atoms with Gasteiger partial charge in [-0.05, 0) is 79.3 Å². The van der Waals surface area contributed by atoms with E-state index in [2.05, 4.69) is 249 Å². The number of aliphatic imine (C=N–C) groups is 1. The highest BCUT2D eigenvalue weighted by Crippen LogP contribution is 2.47. The van der Waals surface area contributed by atoms with Crippen LogP contribution in [0.3, 0.4) is 0 Å². The van der Waals surface area contributed by atoms with E-state index in [1.54, 1.807) is 0 Å². The first-order chi connectivity index (χ1) is 32.7. The van der Waals surface area contributed by atoms with Crippen LogP contribution in [-0.2, 0) is 34.7 Å². The summed E-state index contributed by atoms with van der Waals surface area (Å²) < 4.78 is 15.2. The minimum Gasteiger partial charge on any atom is -0.496 e. The van der Waals surface area contributed by atoms with E-state index >= 15 is 0 Å². The van der Waals surface area contributed by atoms with Gasteiger partial charge >= 0.3 is 5.96 Å². The Morgan fingerprint density at radius 2 is 0.913 bits per heavy atom. The number of guanidine groups is 2. The van der Waals surface area contributed by atoms with Gasteiger partial charge in [-0.1, -0.05) is 204 Å². The number of hydrogen-bond acceptors (Lipinski definition) is 6. The second kappa shape index (κ2) is 19.2. The molecule has 7 heteroatoms. The third kappa shape index (κ3) is 10.3. The number of ether oxygens (including phenoxy) is 2. The Bertz CT molecular complexity index is 2720. The first-order valence-corrected chi connectivity index (χ1v) is 24.8. The van der Waals surface area contributed by atoms with Gasteiger partial charge in [0.2, 0.25) is 0 Å². The quantitative estimate of drug-likeness (QED) is 0.134. The fourth-order valence-electron chi connectivity index (χ4n) is 10.4. The summed E-state index contributed by atoms with van der Waals surface area (Å²) in [6, 6.07) is 52.7. The van der Waals surface area contributed by atoms with Crippen molar-refractivity contribution in [2.45, 2.75) is 142 Å². The molecule has 0 bridgehead atoms. The highest BCUT2D eigenvalue weighted by Gasteiger charge is 2.50. The van der Waals surface area contributed by atoms with Crippen molar-refractivity contribution in [2.24, 2.45) is 4.99 Å². The second-order valence-corrected chi connectivity index (χ2v) is 23.2. The Labute approximate surface area is 413 Å². The van der Waals surface area contributed by atoms with Gasteiger partial charge in [-0.3, -0.25) is 0 Å². The average Bonchev–Trinajstić information content (AvgIpc) is 3.87. The molecule has 2 N–H and O–H groups in total. The predicted molar refractivity (Wildman–Crippen MR) is 286 cm³/mol. The molecule has 0 unspecified atom stereocenters.